The van der Waals surface area contributed by atoms with Gasteiger partial charge in [0.2, 0.25) is 0 Å². The lowest BCUT2D eigenvalue weighted by atomic mass is 9.85. The predicted octanol–water partition coefficient (Wildman–Crippen LogP) is 3.27. The minimum atomic E-state index is -0.116. The largest absolute Gasteiger partial charge is 0.398 e. The van der Waals surface area contributed by atoms with Gasteiger partial charge in [0.25, 0.3) is 5.91 Å². The maximum Gasteiger partial charge on any atom is 0.253 e. The minimum Gasteiger partial charge on any atom is -0.398 e. The Labute approximate surface area is 126 Å². The van der Waals surface area contributed by atoms with E-state index in [2.05, 4.69) is 31.3 Å². The molecule has 0 fully saturated rings. The van der Waals surface area contributed by atoms with Crippen LogP contribution < -0.4 is 11.1 Å². The molecule has 21 heavy (non-hydrogen) atoms. The van der Waals surface area contributed by atoms with Crippen LogP contribution in [0, 0.1) is 5.41 Å². The molecule has 110 valence electrons. The van der Waals surface area contributed by atoms with Gasteiger partial charge in [-0.15, -0.1) is 0 Å². The van der Waals surface area contributed by atoms with E-state index in [4.69, 9.17) is 5.73 Å². The van der Waals surface area contributed by atoms with Crippen LogP contribution in [0.3, 0.4) is 0 Å². The lowest BCUT2D eigenvalue weighted by Crippen LogP contribution is -2.35. The van der Waals surface area contributed by atoms with Crippen LogP contribution in [0.25, 0.3) is 0 Å². The molecule has 3 nitrogen and oxygen atoms in total. The average Bonchev–Trinajstić information content (AvgIpc) is 2.46. The molecule has 0 heterocycles. The monoisotopic (exact) mass is 282 g/mol. The van der Waals surface area contributed by atoms with Gasteiger partial charge in [-0.2, -0.15) is 0 Å². The summed E-state index contributed by atoms with van der Waals surface area (Å²) >= 11 is 0. The molecule has 0 radical (unpaired) electrons. The lowest BCUT2D eigenvalue weighted by molar-refractivity contribution is 0.0937. The number of carbonyl (C=O) groups is 1. The number of nitrogen functional groups attached to an aromatic ring is 1. The van der Waals surface area contributed by atoms with Gasteiger partial charge in [0.1, 0.15) is 0 Å². The average molecular weight is 282 g/mol. The van der Waals surface area contributed by atoms with Crippen LogP contribution in [0.2, 0.25) is 0 Å². The summed E-state index contributed by atoms with van der Waals surface area (Å²) in [5.41, 5.74) is 8.13. The number of carbonyl (C=O) groups excluding carboxylic acids is 1. The van der Waals surface area contributed by atoms with Gasteiger partial charge in [-0.3, -0.25) is 4.79 Å². The molecule has 3 heteroatoms. The number of hydrogen-bond acceptors (Lipinski definition) is 2. The molecule has 3 N–H and O–H groups in total. The Morgan fingerprint density at radius 3 is 2.33 bits per heavy atom. The van der Waals surface area contributed by atoms with Crippen LogP contribution >= 0.6 is 0 Å². The van der Waals surface area contributed by atoms with Gasteiger partial charge in [0, 0.05) is 12.2 Å². The summed E-state index contributed by atoms with van der Waals surface area (Å²) in [4.78, 5) is 12.2. The predicted molar refractivity (Wildman–Crippen MR) is 87.1 cm³/mol. The van der Waals surface area contributed by atoms with Gasteiger partial charge in [-0.05, 0) is 29.5 Å². The second kappa shape index (κ2) is 6.44. The molecule has 0 atom stereocenters. The fourth-order valence-corrected chi connectivity index (χ4v) is 2.33. The van der Waals surface area contributed by atoms with Crippen LogP contribution in [0.1, 0.15) is 29.8 Å². The van der Waals surface area contributed by atoms with Crippen LogP contribution in [0.15, 0.2) is 54.6 Å². The van der Waals surface area contributed by atoms with E-state index in [1.165, 1.54) is 5.56 Å². The number of benzene rings is 2. The lowest BCUT2D eigenvalue weighted by Gasteiger charge is -2.25. The number of amides is 1. The molecule has 0 spiro atoms. The summed E-state index contributed by atoms with van der Waals surface area (Å²) in [7, 11) is 0. The van der Waals surface area contributed by atoms with E-state index >= 15 is 0 Å². The number of anilines is 1. The number of nitrogens with one attached hydrogen (secondary N) is 1. The first-order chi connectivity index (χ1) is 9.98. The first-order valence-electron chi connectivity index (χ1n) is 7.15. The van der Waals surface area contributed by atoms with E-state index in [0.717, 1.165) is 6.42 Å². The van der Waals surface area contributed by atoms with E-state index in [9.17, 15) is 4.79 Å². The molecule has 0 unspecified atom stereocenters. The topological polar surface area (TPSA) is 55.1 Å². The van der Waals surface area contributed by atoms with Crippen molar-refractivity contribution < 1.29 is 4.79 Å². The van der Waals surface area contributed by atoms with E-state index in [-0.39, 0.29) is 11.3 Å². The molecular weight excluding hydrogens is 260 g/mol. The fourth-order valence-electron chi connectivity index (χ4n) is 2.33. The second-order valence-electron chi connectivity index (χ2n) is 6.10. The smallest absolute Gasteiger partial charge is 0.253 e. The Morgan fingerprint density at radius 2 is 1.67 bits per heavy atom. The highest BCUT2D eigenvalue weighted by Gasteiger charge is 2.20. The zero-order chi connectivity index (χ0) is 15.3. The molecule has 0 aromatic heterocycles. The van der Waals surface area contributed by atoms with Crippen molar-refractivity contribution in [1.82, 2.24) is 5.32 Å². The Balaban J connectivity index is 1.95. The summed E-state index contributed by atoms with van der Waals surface area (Å²) in [6.07, 6.45) is 0.915. The minimum absolute atomic E-state index is 0.0133. The quantitative estimate of drug-likeness (QED) is 0.827. The van der Waals surface area contributed by atoms with E-state index in [1.807, 2.05) is 30.3 Å². The van der Waals surface area contributed by atoms with Crippen molar-refractivity contribution in [2.24, 2.45) is 5.41 Å². The molecule has 0 aliphatic rings. The third kappa shape index (κ3) is 4.35. The number of hydrogen-bond donors (Lipinski definition) is 2. The highest BCUT2D eigenvalue weighted by atomic mass is 16.1. The normalized spacial score (nSPS) is 11.1. The second-order valence-corrected chi connectivity index (χ2v) is 6.10. The maximum atomic E-state index is 12.2. The maximum absolute atomic E-state index is 12.2. The standard InChI is InChI=1S/C18H22N2O/c1-18(2,12-14-8-4-3-5-9-14)13-20-17(21)15-10-6-7-11-16(15)19/h3-11H,12-13,19H2,1-2H3,(H,20,21). The van der Waals surface area contributed by atoms with Crippen LogP contribution in [-0.4, -0.2) is 12.5 Å². The summed E-state index contributed by atoms with van der Waals surface area (Å²) in [6, 6.07) is 17.4. The van der Waals surface area contributed by atoms with Gasteiger partial charge in [0.15, 0.2) is 0 Å². The summed E-state index contributed by atoms with van der Waals surface area (Å²) in [5, 5.41) is 2.98. The molecule has 2 rings (SSSR count). The molecule has 0 saturated heterocycles. The molecule has 2 aromatic rings. The van der Waals surface area contributed by atoms with Crippen molar-refractivity contribution in [3.8, 4) is 0 Å². The molecule has 1 amide bonds. The van der Waals surface area contributed by atoms with Crippen molar-refractivity contribution >= 4 is 11.6 Å². The molecule has 0 aliphatic heterocycles. The zero-order valence-electron chi connectivity index (χ0n) is 12.6. The Bertz CT molecular complexity index is 606. The number of para-hydroxylation sites is 1. The zero-order valence-corrected chi connectivity index (χ0v) is 12.6. The summed E-state index contributed by atoms with van der Waals surface area (Å²) in [6.45, 7) is 4.90. The SMILES string of the molecule is CC(C)(CNC(=O)c1ccccc1N)Cc1ccccc1. The van der Waals surface area contributed by atoms with Crippen molar-refractivity contribution in [2.45, 2.75) is 20.3 Å². The van der Waals surface area contributed by atoms with Crippen molar-refractivity contribution in [2.75, 3.05) is 12.3 Å². The number of nitrogens with two attached hydrogens (primary N) is 1. The van der Waals surface area contributed by atoms with Gasteiger partial charge in [-0.25, -0.2) is 0 Å². The van der Waals surface area contributed by atoms with Gasteiger partial charge >= 0.3 is 0 Å². The highest BCUT2D eigenvalue weighted by Crippen LogP contribution is 2.21. The molecule has 2 aromatic carbocycles. The van der Waals surface area contributed by atoms with E-state index < -0.39 is 0 Å². The summed E-state index contributed by atoms with van der Waals surface area (Å²) in [5.74, 6) is -0.116. The van der Waals surface area contributed by atoms with Gasteiger partial charge in [-0.1, -0.05) is 56.3 Å². The van der Waals surface area contributed by atoms with Crippen molar-refractivity contribution in [3.63, 3.8) is 0 Å². The van der Waals surface area contributed by atoms with Crippen LogP contribution in [0.4, 0.5) is 5.69 Å². The van der Waals surface area contributed by atoms with Crippen molar-refractivity contribution in [3.05, 3.63) is 65.7 Å². The molecule has 0 aliphatic carbocycles. The summed E-state index contributed by atoms with van der Waals surface area (Å²) < 4.78 is 0. The van der Waals surface area contributed by atoms with Gasteiger partial charge < -0.3 is 11.1 Å². The molecule has 0 saturated carbocycles. The Kier molecular flexibility index (Phi) is 4.63. The molecular formula is C18H22N2O. The Hall–Kier alpha value is -2.29. The van der Waals surface area contributed by atoms with Gasteiger partial charge in [0.05, 0.1) is 5.56 Å². The van der Waals surface area contributed by atoms with E-state index in [1.54, 1.807) is 12.1 Å². The third-order valence-corrected chi connectivity index (χ3v) is 3.46. The third-order valence-electron chi connectivity index (χ3n) is 3.46. The fraction of sp³-hybridized carbons (Fsp3) is 0.278. The first kappa shape index (κ1) is 15.1. The molecule has 0 bridgehead atoms. The van der Waals surface area contributed by atoms with E-state index in [0.29, 0.717) is 17.8 Å². The van der Waals surface area contributed by atoms with Crippen LogP contribution in [-0.2, 0) is 6.42 Å². The Morgan fingerprint density at radius 1 is 1.05 bits per heavy atom. The first-order valence-corrected chi connectivity index (χ1v) is 7.15. The van der Waals surface area contributed by atoms with Crippen LogP contribution in [0.5, 0.6) is 0 Å². The number of rotatable bonds is 5. The van der Waals surface area contributed by atoms with Crippen molar-refractivity contribution in [1.29, 1.82) is 0 Å². The highest BCUT2D eigenvalue weighted by molar-refractivity contribution is 5.99.